The van der Waals surface area contributed by atoms with Gasteiger partial charge >= 0.3 is 0 Å². The fourth-order valence-electron chi connectivity index (χ4n) is 1.75. The highest BCUT2D eigenvalue weighted by Crippen LogP contribution is 2.25. The number of benzene rings is 1. The summed E-state index contributed by atoms with van der Waals surface area (Å²) in [6, 6.07) is 0.994. The number of nitrogen functional groups attached to an aromatic ring is 1. The van der Waals surface area contributed by atoms with Gasteiger partial charge in [0.25, 0.3) is 0 Å². The van der Waals surface area contributed by atoms with Crippen LogP contribution in [0.15, 0.2) is 17.0 Å². The molecule has 2 N–H and O–H groups in total. The Kier molecular flexibility index (Phi) is 4.86. The van der Waals surface area contributed by atoms with Crippen molar-refractivity contribution in [1.82, 2.24) is 4.31 Å². The highest BCUT2D eigenvalue weighted by atomic mass is 32.2. The molecule has 1 aromatic rings. The predicted octanol–water partition coefficient (Wildman–Crippen LogP) is 2.36. The van der Waals surface area contributed by atoms with Crippen molar-refractivity contribution in [1.29, 1.82) is 0 Å². The first-order valence-electron chi connectivity index (χ1n) is 5.98. The number of sulfonamides is 1. The molecule has 0 saturated carbocycles. The molecular formula is C12H18F2N2O2S. The summed E-state index contributed by atoms with van der Waals surface area (Å²) in [6.45, 7) is 5.47. The van der Waals surface area contributed by atoms with Crippen LogP contribution < -0.4 is 5.73 Å². The van der Waals surface area contributed by atoms with E-state index in [1.54, 1.807) is 13.8 Å². The number of anilines is 1. The van der Waals surface area contributed by atoms with E-state index in [-0.39, 0.29) is 18.3 Å². The zero-order valence-corrected chi connectivity index (χ0v) is 12.0. The lowest BCUT2D eigenvalue weighted by molar-refractivity contribution is 0.352. The second-order valence-corrected chi connectivity index (χ2v) is 6.37. The summed E-state index contributed by atoms with van der Waals surface area (Å²) in [5.74, 6) is -2.10. The van der Waals surface area contributed by atoms with Gasteiger partial charge in [-0.3, -0.25) is 0 Å². The lowest BCUT2D eigenvalue weighted by Gasteiger charge is -2.25. The Hall–Kier alpha value is -1.21. The van der Waals surface area contributed by atoms with E-state index in [0.717, 1.165) is 6.07 Å². The molecule has 0 unspecified atom stereocenters. The van der Waals surface area contributed by atoms with E-state index in [4.69, 9.17) is 5.73 Å². The maximum atomic E-state index is 13.7. The topological polar surface area (TPSA) is 63.4 Å². The van der Waals surface area contributed by atoms with Crippen LogP contribution in [0.5, 0.6) is 0 Å². The Balaban J connectivity index is 3.37. The molecule has 0 heterocycles. The van der Waals surface area contributed by atoms with Crippen molar-refractivity contribution in [3.05, 3.63) is 23.8 Å². The van der Waals surface area contributed by atoms with Gasteiger partial charge in [-0.15, -0.1) is 0 Å². The Bertz CT molecular complexity index is 559. The maximum absolute atomic E-state index is 13.7. The molecular weight excluding hydrogens is 274 g/mol. The zero-order valence-electron chi connectivity index (χ0n) is 11.2. The first-order chi connectivity index (χ1) is 8.71. The number of nitrogens with zero attached hydrogens (tertiary/aromatic N) is 1. The smallest absolute Gasteiger partial charge is 0.246 e. The molecule has 1 aromatic carbocycles. The molecule has 0 amide bonds. The van der Waals surface area contributed by atoms with Gasteiger partial charge in [0.1, 0.15) is 16.5 Å². The average molecular weight is 292 g/mol. The number of rotatable bonds is 5. The van der Waals surface area contributed by atoms with E-state index in [0.29, 0.717) is 12.5 Å². The minimum Gasteiger partial charge on any atom is -0.396 e. The highest BCUT2D eigenvalue weighted by molar-refractivity contribution is 7.89. The van der Waals surface area contributed by atoms with E-state index in [1.807, 2.05) is 6.92 Å². The summed E-state index contributed by atoms with van der Waals surface area (Å²) >= 11 is 0. The van der Waals surface area contributed by atoms with Crippen molar-refractivity contribution < 1.29 is 17.2 Å². The van der Waals surface area contributed by atoms with Gasteiger partial charge in [-0.25, -0.2) is 17.2 Å². The number of halogens is 2. The normalized spacial score (nSPS) is 12.4. The van der Waals surface area contributed by atoms with E-state index in [2.05, 4.69) is 0 Å². The number of hydrogen-bond donors (Lipinski definition) is 1. The summed E-state index contributed by atoms with van der Waals surface area (Å²) in [4.78, 5) is -0.589. The lowest BCUT2D eigenvalue weighted by atomic mass is 10.3. The summed E-state index contributed by atoms with van der Waals surface area (Å²) in [7, 11) is -4.02. The standard InChI is InChI=1S/C12H18F2N2O2S/c1-4-5-16(8(2)3)19(17,18)12-7-11(15)9(13)6-10(12)14/h6-8H,4-5,15H2,1-3H3. The zero-order chi connectivity index (χ0) is 14.8. The van der Waals surface area contributed by atoms with Gasteiger partial charge in [-0.05, 0) is 26.3 Å². The minimum absolute atomic E-state index is 0.261. The van der Waals surface area contributed by atoms with Gasteiger partial charge in [-0.2, -0.15) is 4.31 Å². The molecule has 4 nitrogen and oxygen atoms in total. The number of nitrogens with two attached hydrogens (primary N) is 1. The largest absolute Gasteiger partial charge is 0.396 e. The summed E-state index contributed by atoms with van der Waals surface area (Å²) in [6.07, 6.45) is 0.593. The Morgan fingerprint density at radius 3 is 2.32 bits per heavy atom. The molecule has 0 fully saturated rings. The average Bonchev–Trinajstić information content (AvgIpc) is 2.29. The van der Waals surface area contributed by atoms with Crippen LogP contribution in [0.1, 0.15) is 27.2 Å². The van der Waals surface area contributed by atoms with Crippen LogP contribution in [0.3, 0.4) is 0 Å². The molecule has 0 aliphatic rings. The first-order valence-corrected chi connectivity index (χ1v) is 7.42. The summed E-state index contributed by atoms with van der Waals surface area (Å²) in [5.41, 5.74) is 4.92. The molecule has 0 spiro atoms. The van der Waals surface area contributed by atoms with Gasteiger partial charge < -0.3 is 5.73 Å². The van der Waals surface area contributed by atoms with E-state index < -0.39 is 26.6 Å². The second kappa shape index (κ2) is 5.83. The van der Waals surface area contributed by atoms with Gasteiger partial charge in [0.15, 0.2) is 0 Å². The monoisotopic (exact) mass is 292 g/mol. The van der Waals surface area contributed by atoms with Crippen molar-refractivity contribution >= 4 is 15.7 Å². The molecule has 0 radical (unpaired) electrons. The first kappa shape index (κ1) is 15.8. The van der Waals surface area contributed by atoms with Crippen molar-refractivity contribution in [3.8, 4) is 0 Å². The van der Waals surface area contributed by atoms with Crippen molar-refractivity contribution in [2.24, 2.45) is 0 Å². The molecule has 0 aliphatic heterocycles. The molecule has 0 saturated heterocycles. The van der Waals surface area contributed by atoms with Crippen molar-refractivity contribution in [2.45, 2.75) is 38.1 Å². The van der Waals surface area contributed by atoms with E-state index in [1.165, 1.54) is 4.31 Å². The molecule has 0 aromatic heterocycles. The lowest BCUT2D eigenvalue weighted by Crippen LogP contribution is -2.38. The van der Waals surface area contributed by atoms with Gasteiger partial charge in [-0.1, -0.05) is 6.92 Å². The maximum Gasteiger partial charge on any atom is 0.246 e. The third-order valence-electron chi connectivity index (χ3n) is 2.66. The quantitative estimate of drug-likeness (QED) is 0.847. The molecule has 0 aliphatic carbocycles. The van der Waals surface area contributed by atoms with E-state index >= 15 is 0 Å². The molecule has 0 bridgehead atoms. The van der Waals surface area contributed by atoms with Gasteiger partial charge in [0.05, 0.1) is 5.69 Å². The summed E-state index contributed by atoms with van der Waals surface area (Å²) < 4.78 is 52.7. The summed E-state index contributed by atoms with van der Waals surface area (Å²) in [5, 5.41) is 0. The SMILES string of the molecule is CCCN(C(C)C)S(=O)(=O)c1cc(N)c(F)cc1F. The third-order valence-corrected chi connectivity index (χ3v) is 4.75. The van der Waals surface area contributed by atoms with Crippen molar-refractivity contribution in [3.63, 3.8) is 0 Å². The molecule has 7 heteroatoms. The highest BCUT2D eigenvalue weighted by Gasteiger charge is 2.29. The van der Waals surface area contributed by atoms with Crippen LogP contribution in [0, 0.1) is 11.6 Å². The van der Waals surface area contributed by atoms with E-state index in [9.17, 15) is 17.2 Å². The van der Waals surface area contributed by atoms with Crippen LogP contribution in [-0.4, -0.2) is 25.3 Å². The minimum atomic E-state index is -4.02. The Labute approximate surface area is 112 Å². The van der Waals surface area contributed by atoms with Crippen LogP contribution in [0.4, 0.5) is 14.5 Å². The van der Waals surface area contributed by atoms with Gasteiger partial charge in [0, 0.05) is 18.7 Å². The Morgan fingerprint density at radius 2 is 1.84 bits per heavy atom. The molecule has 19 heavy (non-hydrogen) atoms. The fraction of sp³-hybridized carbons (Fsp3) is 0.500. The van der Waals surface area contributed by atoms with Crippen LogP contribution in [0.25, 0.3) is 0 Å². The fourth-order valence-corrected chi connectivity index (χ4v) is 3.56. The predicted molar refractivity (Wildman–Crippen MR) is 70.1 cm³/mol. The molecule has 0 atom stereocenters. The molecule has 108 valence electrons. The Morgan fingerprint density at radius 1 is 1.26 bits per heavy atom. The number of hydrogen-bond acceptors (Lipinski definition) is 3. The van der Waals surface area contributed by atoms with Crippen molar-refractivity contribution in [2.75, 3.05) is 12.3 Å². The molecule has 1 rings (SSSR count). The van der Waals surface area contributed by atoms with Crippen LogP contribution >= 0.6 is 0 Å². The second-order valence-electron chi connectivity index (χ2n) is 4.51. The van der Waals surface area contributed by atoms with Crippen LogP contribution in [0.2, 0.25) is 0 Å². The third kappa shape index (κ3) is 3.22. The van der Waals surface area contributed by atoms with Gasteiger partial charge in [0.2, 0.25) is 10.0 Å². The van der Waals surface area contributed by atoms with Crippen LogP contribution in [-0.2, 0) is 10.0 Å².